The fourth-order valence-electron chi connectivity index (χ4n) is 3.52. The molecule has 0 amide bonds. The highest BCUT2D eigenvalue weighted by molar-refractivity contribution is 5.71. The lowest BCUT2D eigenvalue weighted by atomic mass is 9.74. The molecule has 1 atom stereocenters. The van der Waals surface area contributed by atoms with Crippen LogP contribution in [0.4, 0.5) is 0 Å². The van der Waals surface area contributed by atoms with Crippen LogP contribution in [0.25, 0.3) is 11.2 Å². The normalized spacial score (nSPS) is 20.3. The van der Waals surface area contributed by atoms with E-state index in [9.17, 15) is 0 Å². The van der Waals surface area contributed by atoms with E-state index in [2.05, 4.69) is 48.6 Å². The summed E-state index contributed by atoms with van der Waals surface area (Å²) >= 11 is 0. The van der Waals surface area contributed by atoms with Crippen molar-refractivity contribution in [2.75, 3.05) is 13.1 Å². The highest BCUT2D eigenvalue weighted by Crippen LogP contribution is 2.37. The molecule has 4 nitrogen and oxygen atoms in total. The highest BCUT2D eigenvalue weighted by Gasteiger charge is 2.37. The van der Waals surface area contributed by atoms with Gasteiger partial charge in [-0.3, -0.25) is 0 Å². The molecule has 1 fully saturated rings. The van der Waals surface area contributed by atoms with Crippen molar-refractivity contribution >= 4 is 11.2 Å². The predicted octanol–water partition coefficient (Wildman–Crippen LogP) is 3.29. The molecule has 1 aliphatic rings. The fourth-order valence-corrected chi connectivity index (χ4v) is 3.52. The van der Waals surface area contributed by atoms with E-state index in [4.69, 9.17) is 4.98 Å². The minimum atomic E-state index is 0.0540. The predicted molar refractivity (Wildman–Crippen MR) is 86.5 cm³/mol. The zero-order valence-corrected chi connectivity index (χ0v) is 13.6. The number of rotatable bonds is 3. The molecule has 0 spiro atoms. The van der Waals surface area contributed by atoms with Crippen molar-refractivity contribution in [1.82, 2.24) is 19.9 Å². The van der Waals surface area contributed by atoms with Crippen LogP contribution in [0.5, 0.6) is 0 Å². The van der Waals surface area contributed by atoms with E-state index < -0.39 is 0 Å². The first kappa shape index (κ1) is 14.5. The largest absolute Gasteiger partial charge is 0.316 e. The van der Waals surface area contributed by atoms with E-state index >= 15 is 0 Å². The van der Waals surface area contributed by atoms with Gasteiger partial charge in [0, 0.05) is 17.7 Å². The second-order valence-corrected chi connectivity index (χ2v) is 7.01. The minimum absolute atomic E-state index is 0.0540. The zero-order chi connectivity index (χ0) is 15.0. The Morgan fingerprint density at radius 3 is 2.86 bits per heavy atom. The molecule has 1 unspecified atom stereocenters. The van der Waals surface area contributed by atoms with Gasteiger partial charge in [-0.1, -0.05) is 13.8 Å². The van der Waals surface area contributed by atoms with E-state index in [-0.39, 0.29) is 5.41 Å². The molecule has 3 heterocycles. The smallest absolute Gasteiger partial charge is 0.160 e. The van der Waals surface area contributed by atoms with E-state index in [1.54, 1.807) is 0 Å². The molecule has 1 aliphatic heterocycles. The van der Waals surface area contributed by atoms with Crippen LogP contribution in [-0.2, 0) is 5.41 Å². The fraction of sp³-hybridized carbons (Fsp3) is 0.647. The van der Waals surface area contributed by atoms with Crippen LogP contribution >= 0.6 is 0 Å². The molecule has 0 saturated carbocycles. The van der Waals surface area contributed by atoms with Crippen LogP contribution in [0.15, 0.2) is 18.3 Å². The average molecular weight is 286 g/mol. The number of fused-ring (bicyclic) bond motifs is 1. The lowest BCUT2D eigenvalue weighted by molar-refractivity contribution is 0.234. The number of piperidine rings is 1. The van der Waals surface area contributed by atoms with E-state index in [1.165, 1.54) is 18.7 Å². The number of aromatic nitrogens is 3. The molecule has 0 aromatic carbocycles. The molecule has 114 valence electrons. The number of nitrogens with zero attached hydrogens (tertiary/aromatic N) is 3. The van der Waals surface area contributed by atoms with Crippen molar-refractivity contribution in [2.24, 2.45) is 5.92 Å². The van der Waals surface area contributed by atoms with Gasteiger partial charge in [-0.2, -0.15) is 0 Å². The van der Waals surface area contributed by atoms with Gasteiger partial charge in [0.25, 0.3) is 0 Å². The second kappa shape index (κ2) is 5.41. The standard InChI is InChI=1S/C17H26N4/c1-12(2)21-15-14(8-6-10-19-15)20-16(21)17(3,4)13-7-5-9-18-11-13/h6,8,10,12-13,18H,5,7,9,11H2,1-4H3. The van der Waals surface area contributed by atoms with E-state index in [0.29, 0.717) is 12.0 Å². The van der Waals surface area contributed by atoms with Crippen molar-refractivity contribution in [3.63, 3.8) is 0 Å². The molecule has 0 radical (unpaired) electrons. The van der Waals surface area contributed by atoms with Gasteiger partial charge in [0.15, 0.2) is 5.65 Å². The maximum atomic E-state index is 4.95. The topological polar surface area (TPSA) is 42.7 Å². The minimum Gasteiger partial charge on any atom is -0.316 e. The number of imidazole rings is 1. The first-order chi connectivity index (χ1) is 10.0. The Hall–Kier alpha value is -1.42. The van der Waals surface area contributed by atoms with Gasteiger partial charge < -0.3 is 9.88 Å². The maximum Gasteiger partial charge on any atom is 0.160 e. The second-order valence-electron chi connectivity index (χ2n) is 7.01. The molecular weight excluding hydrogens is 260 g/mol. The molecule has 0 aliphatic carbocycles. The molecule has 0 bridgehead atoms. The van der Waals surface area contributed by atoms with Gasteiger partial charge in [0.2, 0.25) is 0 Å². The molecule has 3 rings (SSSR count). The summed E-state index contributed by atoms with van der Waals surface area (Å²) in [5, 5.41) is 3.54. The number of hydrogen-bond acceptors (Lipinski definition) is 3. The van der Waals surface area contributed by atoms with Crippen LogP contribution in [0.1, 0.15) is 52.4 Å². The van der Waals surface area contributed by atoms with Crippen LogP contribution in [-0.4, -0.2) is 27.6 Å². The van der Waals surface area contributed by atoms with Crippen LogP contribution in [0.3, 0.4) is 0 Å². The summed E-state index contributed by atoms with van der Waals surface area (Å²) < 4.78 is 2.32. The van der Waals surface area contributed by atoms with Gasteiger partial charge in [-0.25, -0.2) is 9.97 Å². The molecule has 2 aromatic heterocycles. The monoisotopic (exact) mass is 286 g/mol. The molecule has 4 heteroatoms. The van der Waals surface area contributed by atoms with Gasteiger partial charge in [-0.15, -0.1) is 0 Å². The summed E-state index contributed by atoms with van der Waals surface area (Å²) in [6.07, 6.45) is 4.39. The quantitative estimate of drug-likeness (QED) is 0.941. The van der Waals surface area contributed by atoms with Crippen LogP contribution in [0.2, 0.25) is 0 Å². The van der Waals surface area contributed by atoms with Crippen molar-refractivity contribution in [3.8, 4) is 0 Å². The lowest BCUT2D eigenvalue weighted by Gasteiger charge is -2.37. The number of hydrogen-bond donors (Lipinski definition) is 1. The number of nitrogens with one attached hydrogen (secondary N) is 1. The Morgan fingerprint density at radius 2 is 2.19 bits per heavy atom. The third-order valence-electron chi connectivity index (χ3n) is 4.86. The third kappa shape index (κ3) is 2.46. The SMILES string of the molecule is CC(C)n1c(C(C)(C)C2CCCNC2)nc2cccnc21. The zero-order valence-electron chi connectivity index (χ0n) is 13.6. The van der Waals surface area contributed by atoms with E-state index in [1.807, 2.05) is 12.3 Å². The summed E-state index contributed by atoms with van der Waals surface area (Å²) in [6.45, 7) is 11.3. The van der Waals surface area contributed by atoms with Crippen molar-refractivity contribution in [3.05, 3.63) is 24.2 Å². The summed E-state index contributed by atoms with van der Waals surface area (Å²) in [6, 6.07) is 4.41. The lowest BCUT2D eigenvalue weighted by Crippen LogP contribution is -2.42. The van der Waals surface area contributed by atoms with Gasteiger partial charge in [0.1, 0.15) is 11.3 Å². The summed E-state index contributed by atoms with van der Waals surface area (Å²) in [5.74, 6) is 1.81. The van der Waals surface area contributed by atoms with Crippen LogP contribution in [0, 0.1) is 5.92 Å². The number of pyridine rings is 1. The van der Waals surface area contributed by atoms with Crippen molar-refractivity contribution < 1.29 is 0 Å². The van der Waals surface area contributed by atoms with Crippen LogP contribution < -0.4 is 5.32 Å². The summed E-state index contributed by atoms with van der Waals surface area (Å²) in [4.78, 5) is 9.52. The molecule has 21 heavy (non-hydrogen) atoms. The first-order valence-electron chi connectivity index (χ1n) is 8.06. The average Bonchev–Trinajstić information content (AvgIpc) is 2.88. The Kier molecular flexibility index (Phi) is 3.74. The summed E-state index contributed by atoms with van der Waals surface area (Å²) in [7, 11) is 0. The molecule has 1 saturated heterocycles. The highest BCUT2D eigenvalue weighted by atomic mass is 15.2. The van der Waals surface area contributed by atoms with Gasteiger partial charge >= 0.3 is 0 Å². The first-order valence-corrected chi connectivity index (χ1v) is 8.06. The molecular formula is C17H26N4. The summed E-state index contributed by atoms with van der Waals surface area (Å²) in [5.41, 5.74) is 2.08. The van der Waals surface area contributed by atoms with Crippen molar-refractivity contribution in [1.29, 1.82) is 0 Å². The Labute approximate surface area is 127 Å². The Morgan fingerprint density at radius 1 is 1.38 bits per heavy atom. The van der Waals surface area contributed by atoms with E-state index in [0.717, 1.165) is 24.3 Å². The Balaban J connectivity index is 2.11. The van der Waals surface area contributed by atoms with Gasteiger partial charge in [0.05, 0.1) is 0 Å². The molecule has 1 N–H and O–H groups in total. The maximum absolute atomic E-state index is 4.95. The Bertz CT molecular complexity index is 621. The van der Waals surface area contributed by atoms with Gasteiger partial charge in [-0.05, 0) is 57.8 Å². The third-order valence-corrected chi connectivity index (χ3v) is 4.86. The van der Waals surface area contributed by atoms with Crippen molar-refractivity contribution in [2.45, 2.75) is 52.0 Å². The molecule has 2 aromatic rings.